The lowest BCUT2D eigenvalue weighted by Crippen LogP contribution is -2.12. The minimum Gasteiger partial charge on any atom is -0.327 e. The Balaban J connectivity index is 2.22. The average Bonchev–Trinajstić information content (AvgIpc) is 2.70. The number of hydrogen-bond acceptors (Lipinski definition) is 2. The molecule has 0 saturated heterocycles. The summed E-state index contributed by atoms with van der Waals surface area (Å²) in [6, 6.07) is 8.81. The van der Waals surface area contributed by atoms with Gasteiger partial charge in [0.25, 0.3) is 0 Å². The maximum atomic E-state index is 5.74. The van der Waals surface area contributed by atoms with Crippen LogP contribution in [0.2, 0.25) is 0 Å². The summed E-state index contributed by atoms with van der Waals surface area (Å²) < 4.78 is 2.17. The molecule has 0 amide bonds. The van der Waals surface area contributed by atoms with Crippen LogP contribution in [-0.4, -0.2) is 9.55 Å². The van der Waals surface area contributed by atoms with Crippen LogP contribution in [0.3, 0.4) is 0 Å². The van der Waals surface area contributed by atoms with Gasteiger partial charge in [-0.3, -0.25) is 0 Å². The predicted molar refractivity (Wildman–Crippen MR) is 79.1 cm³/mol. The first kappa shape index (κ1) is 13.8. The summed E-state index contributed by atoms with van der Waals surface area (Å²) in [5.41, 5.74) is 9.66. The van der Waals surface area contributed by atoms with Crippen molar-refractivity contribution in [3.05, 3.63) is 53.1 Å². The number of nitrogens with two attached hydrogens (primary N) is 1. The molecule has 0 spiro atoms. The van der Waals surface area contributed by atoms with Crippen LogP contribution in [0, 0.1) is 6.92 Å². The van der Waals surface area contributed by atoms with Crippen molar-refractivity contribution in [1.82, 2.24) is 9.55 Å². The molecule has 0 aliphatic carbocycles. The maximum absolute atomic E-state index is 5.74. The number of aromatic nitrogens is 2. The molecule has 0 fully saturated rings. The van der Waals surface area contributed by atoms with E-state index in [4.69, 9.17) is 5.73 Å². The quantitative estimate of drug-likeness (QED) is 0.918. The van der Waals surface area contributed by atoms with Crippen molar-refractivity contribution in [1.29, 1.82) is 0 Å². The van der Waals surface area contributed by atoms with E-state index in [0.29, 0.717) is 6.54 Å². The van der Waals surface area contributed by atoms with Gasteiger partial charge in [0.2, 0.25) is 0 Å². The van der Waals surface area contributed by atoms with Gasteiger partial charge in [-0.25, -0.2) is 4.98 Å². The SMILES string of the molecule is Cc1ncc(CN)n1Cc1ccc(C(C)(C)C)cc1. The van der Waals surface area contributed by atoms with E-state index in [1.54, 1.807) is 0 Å². The molecule has 3 heteroatoms. The minimum absolute atomic E-state index is 0.200. The van der Waals surface area contributed by atoms with Gasteiger partial charge in [-0.1, -0.05) is 45.0 Å². The fourth-order valence-electron chi connectivity index (χ4n) is 2.19. The van der Waals surface area contributed by atoms with E-state index in [1.807, 2.05) is 13.1 Å². The van der Waals surface area contributed by atoms with Crippen molar-refractivity contribution in [2.45, 2.75) is 46.2 Å². The molecule has 1 aromatic heterocycles. The van der Waals surface area contributed by atoms with E-state index in [2.05, 4.69) is 54.6 Å². The lowest BCUT2D eigenvalue weighted by molar-refractivity contribution is 0.589. The van der Waals surface area contributed by atoms with E-state index in [0.717, 1.165) is 18.1 Å². The molecule has 2 N–H and O–H groups in total. The first-order valence-electron chi connectivity index (χ1n) is 6.72. The number of aryl methyl sites for hydroxylation is 1. The first-order chi connectivity index (χ1) is 8.91. The third-order valence-electron chi connectivity index (χ3n) is 3.51. The highest BCUT2D eigenvalue weighted by Crippen LogP contribution is 2.22. The Morgan fingerprint density at radius 3 is 2.32 bits per heavy atom. The van der Waals surface area contributed by atoms with Crippen molar-refractivity contribution in [2.24, 2.45) is 5.73 Å². The van der Waals surface area contributed by atoms with E-state index in [9.17, 15) is 0 Å². The predicted octanol–water partition coefficient (Wildman–Crippen LogP) is 3.00. The van der Waals surface area contributed by atoms with E-state index in [-0.39, 0.29) is 5.41 Å². The zero-order valence-corrected chi connectivity index (χ0v) is 12.3. The van der Waals surface area contributed by atoms with Gasteiger partial charge in [0.05, 0.1) is 5.69 Å². The van der Waals surface area contributed by atoms with Crippen LogP contribution in [0.1, 0.15) is 43.4 Å². The molecular weight excluding hydrogens is 234 g/mol. The third kappa shape index (κ3) is 3.04. The molecule has 0 aliphatic heterocycles. The van der Waals surface area contributed by atoms with E-state index < -0.39 is 0 Å². The Bertz CT molecular complexity index is 544. The van der Waals surface area contributed by atoms with Crippen LogP contribution in [0.25, 0.3) is 0 Å². The number of benzene rings is 1. The van der Waals surface area contributed by atoms with Crippen molar-refractivity contribution >= 4 is 0 Å². The summed E-state index contributed by atoms with van der Waals surface area (Å²) in [7, 11) is 0. The summed E-state index contributed by atoms with van der Waals surface area (Å²) in [6.45, 7) is 10.1. The van der Waals surface area contributed by atoms with E-state index >= 15 is 0 Å². The number of imidazole rings is 1. The highest BCUT2D eigenvalue weighted by Gasteiger charge is 2.13. The molecule has 1 heterocycles. The van der Waals surface area contributed by atoms with Gasteiger partial charge in [0.15, 0.2) is 0 Å². The van der Waals surface area contributed by atoms with Crippen LogP contribution < -0.4 is 5.73 Å². The van der Waals surface area contributed by atoms with Crippen molar-refractivity contribution in [3.63, 3.8) is 0 Å². The van der Waals surface area contributed by atoms with Crippen LogP contribution >= 0.6 is 0 Å². The summed E-state index contributed by atoms with van der Waals surface area (Å²) in [5.74, 6) is 1.01. The lowest BCUT2D eigenvalue weighted by atomic mass is 9.87. The number of hydrogen-bond donors (Lipinski definition) is 1. The molecule has 0 aliphatic rings. The summed E-state index contributed by atoms with van der Waals surface area (Å²) in [4.78, 5) is 4.32. The molecule has 0 unspecified atom stereocenters. The highest BCUT2D eigenvalue weighted by molar-refractivity contribution is 5.28. The Hall–Kier alpha value is -1.61. The second-order valence-electron chi connectivity index (χ2n) is 6.03. The molecule has 1 aromatic carbocycles. The molecule has 102 valence electrons. The van der Waals surface area contributed by atoms with Crippen molar-refractivity contribution in [3.8, 4) is 0 Å². The molecule has 0 radical (unpaired) electrons. The van der Waals surface area contributed by atoms with Gasteiger partial charge in [-0.05, 0) is 23.5 Å². The van der Waals surface area contributed by atoms with Crippen molar-refractivity contribution < 1.29 is 0 Å². The monoisotopic (exact) mass is 257 g/mol. The summed E-state index contributed by atoms with van der Waals surface area (Å²) in [5, 5.41) is 0. The summed E-state index contributed by atoms with van der Waals surface area (Å²) >= 11 is 0. The van der Waals surface area contributed by atoms with Gasteiger partial charge in [-0.15, -0.1) is 0 Å². The molecule has 19 heavy (non-hydrogen) atoms. The van der Waals surface area contributed by atoms with Crippen LogP contribution in [0.15, 0.2) is 30.5 Å². The third-order valence-corrected chi connectivity index (χ3v) is 3.51. The molecule has 2 rings (SSSR count). The smallest absolute Gasteiger partial charge is 0.106 e. The Morgan fingerprint density at radius 2 is 1.79 bits per heavy atom. The normalized spacial score (nSPS) is 11.8. The van der Waals surface area contributed by atoms with Crippen LogP contribution in [-0.2, 0) is 18.5 Å². The lowest BCUT2D eigenvalue weighted by Gasteiger charge is -2.19. The fraction of sp³-hybridized carbons (Fsp3) is 0.438. The Labute approximate surface area is 115 Å². The van der Waals surface area contributed by atoms with Crippen LogP contribution in [0.4, 0.5) is 0 Å². The fourth-order valence-corrected chi connectivity index (χ4v) is 2.19. The highest BCUT2D eigenvalue weighted by atomic mass is 15.1. The largest absolute Gasteiger partial charge is 0.327 e. The number of rotatable bonds is 3. The first-order valence-corrected chi connectivity index (χ1v) is 6.72. The minimum atomic E-state index is 0.200. The van der Waals surface area contributed by atoms with Gasteiger partial charge in [0, 0.05) is 19.3 Å². The molecule has 0 bridgehead atoms. The number of nitrogens with zero attached hydrogens (tertiary/aromatic N) is 2. The van der Waals surface area contributed by atoms with Crippen molar-refractivity contribution in [2.75, 3.05) is 0 Å². The second-order valence-corrected chi connectivity index (χ2v) is 6.03. The zero-order chi connectivity index (χ0) is 14.0. The van der Waals surface area contributed by atoms with Gasteiger partial charge >= 0.3 is 0 Å². The summed E-state index contributed by atoms with van der Waals surface area (Å²) in [6.07, 6.45) is 1.86. The molecular formula is C16H23N3. The second kappa shape index (κ2) is 5.17. The van der Waals surface area contributed by atoms with Gasteiger partial charge < -0.3 is 10.3 Å². The standard InChI is InChI=1S/C16H23N3/c1-12-18-10-15(9-17)19(12)11-13-5-7-14(8-6-13)16(2,3)4/h5-8,10H,9,11,17H2,1-4H3. The maximum Gasteiger partial charge on any atom is 0.106 e. The van der Waals surface area contributed by atoms with Crippen LogP contribution in [0.5, 0.6) is 0 Å². The Kier molecular flexibility index (Phi) is 3.76. The molecule has 0 saturated carbocycles. The molecule has 0 atom stereocenters. The van der Waals surface area contributed by atoms with Gasteiger partial charge in [-0.2, -0.15) is 0 Å². The Morgan fingerprint density at radius 1 is 1.16 bits per heavy atom. The average molecular weight is 257 g/mol. The topological polar surface area (TPSA) is 43.8 Å². The molecule has 3 nitrogen and oxygen atoms in total. The van der Waals surface area contributed by atoms with E-state index in [1.165, 1.54) is 11.1 Å². The zero-order valence-electron chi connectivity index (χ0n) is 12.3. The molecule has 2 aromatic rings. The van der Waals surface area contributed by atoms with Gasteiger partial charge in [0.1, 0.15) is 5.82 Å².